The van der Waals surface area contributed by atoms with Gasteiger partial charge in [0.25, 0.3) is 0 Å². The maximum absolute atomic E-state index is 11.4. The summed E-state index contributed by atoms with van der Waals surface area (Å²) in [5.41, 5.74) is 1.13. The number of rotatable bonds is 10. The standard InChI is InChI=1S/C18H22O4/c1-3-4-12-17(18(19)20-2)22-14-9-8-13-21-15-16-10-6-5-7-11-16/h3,5-12H,1,4,13-15H2,2H3/b9-8-,17-12+. The van der Waals surface area contributed by atoms with Crippen LogP contribution in [0.3, 0.4) is 0 Å². The van der Waals surface area contributed by atoms with Gasteiger partial charge in [-0.15, -0.1) is 6.58 Å². The molecule has 0 bridgehead atoms. The van der Waals surface area contributed by atoms with Gasteiger partial charge in [0.15, 0.2) is 0 Å². The molecule has 0 aromatic heterocycles. The van der Waals surface area contributed by atoms with E-state index in [0.29, 0.717) is 19.6 Å². The lowest BCUT2D eigenvalue weighted by Gasteiger charge is -2.06. The molecule has 0 aliphatic rings. The Balaban J connectivity index is 2.24. The Morgan fingerprint density at radius 1 is 1.18 bits per heavy atom. The van der Waals surface area contributed by atoms with E-state index in [1.807, 2.05) is 36.4 Å². The third-order valence-corrected chi connectivity index (χ3v) is 2.68. The third-order valence-electron chi connectivity index (χ3n) is 2.68. The average molecular weight is 302 g/mol. The zero-order valence-corrected chi connectivity index (χ0v) is 12.9. The van der Waals surface area contributed by atoms with Crippen molar-refractivity contribution in [2.45, 2.75) is 13.0 Å². The van der Waals surface area contributed by atoms with E-state index in [-0.39, 0.29) is 12.4 Å². The predicted molar refractivity (Wildman–Crippen MR) is 86.1 cm³/mol. The molecule has 0 unspecified atom stereocenters. The molecule has 4 nitrogen and oxygen atoms in total. The monoisotopic (exact) mass is 302 g/mol. The van der Waals surface area contributed by atoms with Gasteiger partial charge in [0.1, 0.15) is 6.61 Å². The quantitative estimate of drug-likeness (QED) is 0.218. The molecule has 0 aliphatic heterocycles. The van der Waals surface area contributed by atoms with Crippen LogP contribution in [0.4, 0.5) is 0 Å². The molecule has 0 amide bonds. The maximum Gasteiger partial charge on any atom is 0.372 e. The van der Waals surface area contributed by atoms with E-state index < -0.39 is 5.97 Å². The number of esters is 1. The SMILES string of the molecule is C=CC/C=C(/OC/C=C\COCc1ccccc1)C(=O)OC. The molecule has 0 radical (unpaired) electrons. The summed E-state index contributed by atoms with van der Waals surface area (Å²) in [7, 11) is 1.32. The number of methoxy groups -OCH3 is 1. The Morgan fingerprint density at radius 3 is 2.59 bits per heavy atom. The van der Waals surface area contributed by atoms with Crippen molar-refractivity contribution in [3.8, 4) is 0 Å². The van der Waals surface area contributed by atoms with Gasteiger partial charge in [-0.1, -0.05) is 42.5 Å². The van der Waals surface area contributed by atoms with Crippen molar-refractivity contribution in [2.75, 3.05) is 20.3 Å². The number of carbonyl (C=O) groups is 1. The number of hydrogen-bond donors (Lipinski definition) is 0. The van der Waals surface area contributed by atoms with E-state index in [4.69, 9.17) is 9.47 Å². The fourth-order valence-electron chi connectivity index (χ4n) is 1.59. The summed E-state index contributed by atoms with van der Waals surface area (Å²) in [4.78, 5) is 11.4. The summed E-state index contributed by atoms with van der Waals surface area (Å²) in [5.74, 6) is -0.298. The van der Waals surface area contributed by atoms with Gasteiger partial charge in [0.05, 0.1) is 20.3 Å². The summed E-state index contributed by atoms with van der Waals surface area (Å²) >= 11 is 0. The molecule has 1 rings (SSSR count). The number of ether oxygens (including phenoxy) is 3. The van der Waals surface area contributed by atoms with Crippen molar-refractivity contribution in [1.82, 2.24) is 0 Å². The Labute approximate surface area is 131 Å². The van der Waals surface area contributed by atoms with Crippen molar-refractivity contribution < 1.29 is 19.0 Å². The highest BCUT2D eigenvalue weighted by molar-refractivity contribution is 5.86. The van der Waals surface area contributed by atoms with Gasteiger partial charge in [-0.2, -0.15) is 0 Å². The van der Waals surface area contributed by atoms with Crippen LogP contribution >= 0.6 is 0 Å². The minimum atomic E-state index is -0.490. The van der Waals surface area contributed by atoms with E-state index >= 15 is 0 Å². The predicted octanol–water partition coefficient (Wildman–Crippen LogP) is 3.41. The first-order chi connectivity index (χ1) is 10.8. The molecular weight excluding hydrogens is 280 g/mol. The molecule has 1 aromatic carbocycles. The molecule has 0 spiro atoms. The lowest BCUT2D eigenvalue weighted by atomic mass is 10.2. The number of carbonyl (C=O) groups excluding carboxylic acids is 1. The largest absolute Gasteiger partial charge is 0.483 e. The van der Waals surface area contributed by atoms with Crippen LogP contribution in [0.25, 0.3) is 0 Å². The molecule has 0 aliphatic carbocycles. The summed E-state index contributed by atoms with van der Waals surface area (Å²) in [6.45, 7) is 4.93. The summed E-state index contributed by atoms with van der Waals surface area (Å²) in [6.07, 6.45) is 7.52. The summed E-state index contributed by atoms with van der Waals surface area (Å²) in [5, 5.41) is 0. The lowest BCUT2D eigenvalue weighted by molar-refractivity contribution is -0.139. The molecule has 0 N–H and O–H groups in total. The maximum atomic E-state index is 11.4. The van der Waals surface area contributed by atoms with Crippen LogP contribution in [-0.2, 0) is 25.6 Å². The molecule has 4 heteroatoms. The summed E-state index contributed by atoms with van der Waals surface area (Å²) in [6, 6.07) is 9.96. The Hall–Kier alpha value is -2.33. The molecule has 0 fully saturated rings. The van der Waals surface area contributed by atoms with Gasteiger partial charge in [-0.25, -0.2) is 4.79 Å². The molecule has 22 heavy (non-hydrogen) atoms. The van der Waals surface area contributed by atoms with Crippen LogP contribution in [0.1, 0.15) is 12.0 Å². The van der Waals surface area contributed by atoms with Gasteiger partial charge in [-0.05, 0) is 24.1 Å². The van der Waals surface area contributed by atoms with Gasteiger partial charge >= 0.3 is 5.97 Å². The van der Waals surface area contributed by atoms with E-state index in [9.17, 15) is 4.79 Å². The molecule has 0 saturated carbocycles. The first-order valence-electron chi connectivity index (χ1n) is 7.06. The first kappa shape index (κ1) is 17.7. The van der Waals surface area contributed by atoms with Crippen LogP contribution in [0.2, 0.25) is 0 Å². The Kier molecular flexibility index (Phi) is 9.14. The second-order valence-corrected chi connectivity index (χ2v) is 4.37. The van der Waals surface area contributed by atoms with E-state index in [1.54, 1.807) is 18.2 Å². The second kappa shape index (κ2) is 11.3. The fourth-order valence-corrected chi connectivity index (χ4v) is 1.59. The highest BCUT2D eigenvalue weighted by atomic mass is 16.6. The van der Waals surface area contributed by atoms with Crippen molar-refractivity contribution in [3.05, 3.63) is 72.5 Å². The molecule has 0 saturated heterocycles. The highest BCUT2D eigenvalue weighted by Crippen LogP contribution is 2.03. The van der Waals surface area contributed by atoms with Crippen molar-refractivity contribution >= 4 is 5.97 Å². The first-order valence-corrected chi connectivity index (χ1v) is 7.06. The second-order valence-electron chi connectivity index (χ2n) is 4.37. The van der Waals surface area contributed by atoms with Crippen molar-refractivity contribution in [1.29, 1.82) is 0 Å². The zero-order chi connectivity index (χ0) is 16.0. The molecular formula is C18H22O4. The minimum Gasteiger partial charge on any atom is -0.483 e. The minimum absolute atomic E-state index is 0.192. The van der Waals surface area contributed by atoms with Gasteiger partial charge in [0, 0.05) is 0 Å². The third kappa shape index (κ3) is 7.45. The lowest BCUT2D eigenvalue weighted by Crippen LogP contribution is -2.08. The van der Waals surface area contributed by atoms with Crippen molar-refractivity contribution in [2.24, 2.45) is 0 Å². The van der Waals surface area contributed by atoms with Crippen LogP contribution in [-0.4, -0.2) is 26.3 Å². The molecule has 1 aromatic rings. The van der Waals surface area contributed by atoms with Gasteiger partial charge in [-0.3, -0.25) is 0 Å². The fraction of sp³-hybridized carbons (Fsp3) is 0.278. The molecule has 118 valence electrons. The Bertz CT molecular complexity index is 503. The van der Waals surface area contributed by atoms with Crippen molar-refractivity contribution in [3.63, 3.8) is 0 Å². The van der Waals surface area contributed by atoms with E-state index in [0.717, 1.165) is 5.56 Å². The van der Waals surface area contributed by atoms with Gasteiger partial charge in [0.2, 0.25) is 5.76 Å². The van der Waals surface area contributed by atoms with E-state index in [1.165, 1.54) is 7.11 Å². The topological polar surface area (TPSA) is 44.8 Å². The van der Waals surface area contributed by atoms with Gasteiger partial charge < -0.3 is 14.2 Å². The normalized spacial score (nSPS) is 11.4. The van der Waals surface area contributed by atoms with Crippen LogP contribution in [0, 0.1) is 0 Å². The Morgan fingerprint density at radius 2 is 1.91 bits per heavy atom. The molecule has 0 atom stereocenters. The smallest absolute Gasteiger partial charge is 0.372 e. The van der Waals surface area contributed by atoms with Crippen LogP contribution < -0.4 is 0 Å². The number of hydrogen-bond acceptors (Lipinski definition) is 4. The van der Waals surface area contributed by atoms with Crippen LogP contribution in [0.15, 0.2) is 67.0 Å². The highest BCUT2D eigenvalue weighted by Gasteiger charge is 2.09. The average Bonchev–Trinajstić information content (AvgIpc) is 2.57. The zero-order valence-electron chi connectivity index (χ0n) is 12.9. The summed E-state index contributed by atoms with van der Waals surface area (Å²) < 4.78 is 15.5. The van der Waals surface area contributed by atoms with E-state index in [2.05, 4.69) is 11.3 Å². The molecule has 0 heterocycles. The number of benzene rings is 1. The van der Waals surface area contributed by atoms with Crippen LogP contribution in [0.5, 0.6) is 0 Å². The number of allylic oxidation sites excluding steroid dienone is 2.